The Labute approximate surface area is 183 Å². The number of nitrogens with zero attached hydrogens (tertiary/aromatic N) is 2. The summed E-state index contributed by atoms with van der Waals surface area (Å²) in [6, 6.07) is 18.0. The highest BCUT2D eigenvalue weighted by Gasteiger charge is 2.41. The Hall–Kier alpha value is -2.53. The normalized spacial score (nSPS) is 24.6. The monoisotopic (exact) mass is 420 g/mol. The number of rotatable bonds is 5. The molecule has 0 N–H and O–H groups in total. The van der Waals surface area contributed by atoms with Gasteiger partial charge in [0.05, 0.1) is 17.2 Å². The lowest BCUT2D eigenvalue weighted by atomic mass is 9.85. The van der Waals surface area contributed by atoms with E-state index >= 15 is 0 Å². The molecule has 0 aromatic heterocycles. The second-order valence-corrected chi connectivity index (χ2v) is 8.86. The molecule has 2 aromatic carbocycles. The van der Waals surface area contributed by atoms with Gasteiger partial charge in [0.1, 0.15) is 5.75 Å². The molecular formula is C25H28N2O2S. The Morgan fingerprint density at radius 1 is 1.13 bits per heavy atom. The first-order valence-corrected chi connectivity index (χ1v) is 11.6. The van der Waals surface area contributed by atoms with Crippen LogP contribution < -0.4 is 4.74 Å². The number of hydrogen-bond acceptors (Lipinski definition) is 4. The van der Waals surface area contributed by atoms with Gasteiger partial charge in [-0.3, -0.25) is 9.69 Å². The molecule has 0 spiro atoms. The van der Waals surface area contributed by atoms with Crippen molar-refractivity contribution in [1.82, 2.24) is 4.90 Å². The van der Waals surface area contributed by atoms with E-state index < -0.39 is 0 Å². The van der Waals surface area contributed by atoms with Crippen molar-refractivity contribution >= 4 is 34.6 Å². The summed E-state index contributed by atoms with van der Waals surface area (Å²) in [7, 11) is 0. The topological polar surface area (TPSA) is 41.9 Å². The van der Waals surface area contributed by atoms with E-state index in [9.17, 15) is 4.79 Å². The van der Waals surface area contributed by atoms with E-state index in [1.807, 2.05) is 72.5 Å². The summed E-state index contributed by atoms with van der Waals surface area (Å²) in [5.74, 6) is 1.36. The van der Waals surface area contributed by atoms with Gasteiger partial charge in [0.15, 0.2) is 5.17 Å². The second-order valence-electron chi connectivity index (χ2n) is 7.85. The van der Waals surface area contributed by atoms with Crippen LogP contribution in [0.15, 0.2) is 64.5 Å². The fourth-order valence-corrected chi connectivity index (χ4v) is 5.21. The zero-order chi connectivity index (χ0) is 20.9. The minimum Gasteiger partial charge on any atom is -0.494 e. The molecule has 4 nitrogen and oxygen atoms in total. The van der Waals surface area contributed by atoms with E-state index in [0.29, 0.717) is 12.5 Å². The Kier molecular flexibility index (Phi) is 6.58. The molecule has 30 heavy (non-hydrogen) atoms. The number of hydrogen-bond donors (Lipinski definition) is 0. The number of amides is 1. The molecule has 1 saturated carbocycles. The smallest absolute Gasteiger partial charge is 0.267 e. The van der Waals surface area contributed by atoms with E-state index in [2.05, 4.69) is 6.92 Å². The number of ether oxygens (including phenoxy) is 1. The van der Waals surface area contributed by atoms with Crippen LogP contribution in [0.5, 0.6) is 5.75 Å². The van der Waals surface area contributed by atoms with Gasteiger partial charge in [-0.05, 0) is 73.4 Å². The lowest BCUT2D eigenvalue weighted by Gasteiger charge is -2.35. The van der Waals surface area contributed by atoms with Crippen LogP contribution in [0.2, 0.25) is 0 Å². The van der Waals surface area contributed by atoms with E-state index in [-0.39, 0.29) is 11.9 Å². The Morgan fingerprint density at radius 2 is 1.93 bits per heavy atom. The van der Waals surface area contributed by atoms with Gasteiger partial charge in [0.25, 0.3) is 5.91 Å². The molecule has 1 saturated heterocycles. The highest BCUT2D eigenvalue weighted by molar-refractivity contribution is 8.18. The van der Waals surface area contributed by atoms with Crippen molar-refractivity contribution in [2.24, 2.45) is 10.9 Å². The fourth-order valence-electron chi connectivity index (χ4n) is 4.16. The summed E-state index contributed by atoms with van der Waals surface area (Å²) in [4.78, 5) is 21.0. The summed E-state index contributed by atoms with van der Waals surface area (Å²) >= 11 is 1.48. The molecule has 4 rings (SSSR count). The molecule has 1 heterocycles. The number of para-hydroxylation sites is 1. The maximum atomic E-state index is 13.5. The van der Waals surface area contributed by atoms with Crippen molar-refractivity contribution in [3.8, 4) is 5.75 Å². The van der Waals surface area contributed by atoms with Gasteiger partial charge in [-0.15, -0.1) is 0 Å². The van der Waals surface area contributed by atoms with E-state index in [1.165, 1.54) is 18.2 Å². The molecule has 2 fully saturated rings. The third kappa shape index (κ3) is 4.62. The zero-order valence-electron chi connectivity index (χ0n) is 17.6. The van der Waals surface area contributed by atoms with Gasteiger partial charge >= 0.3 is 0 Å². The summed E-state index contributed by atoms with van der Waals surface area (Å²) < 4.78 is 5.61. The third-order valence-corrected chi connectivity index (χ3v) is 6.67. The molecule has 2 aliphatic rings. The van der Waals surface area contributed by atoms with E-state index in [0.717, 1.165) is 46.3 Å². The number of thioether (sulfide) groups is 1. The average molecular weight is 421 g/mol. The van der Waals surface area contributed by atoms with E-state index in [4.69, 9.17) is 9.73 Å². The first-order valence-electron chi connectivity index (χ1n) is 10.8. The third-order valence-electron chi connectivity index (χ3n) is 5.68. The molecule has 1 aliphatic carbocycles. The Bertz CT molecular complexity index is 955. The molecular weight excluding hydrogens is 392 g/mol. The largest absolute Gasteiger partial charge is 0.494 e. The molecule has 2 atom stereocenters. The van der Waals surface area contributed by atoms with Crippen LogP contribution >= 0.6 is 11.8 Å². The molecule has 156 valence electrons. The van der Waals surface area contributed by atoms with Crippen LogP contribution in [0.1, 0.15) is 45.1 Å². The van der Waals surface area contributed by atoms with Crippen molar-refractivity contribution in [2.75, 3.05) is 6.61 Å². The summed E-state index contributed by atoms with van der Waals surface area (Å²) in [6.45, 7) is 4.85. The number of aliphatic imine (C=N–C) groups is 1. The predicted molar refractivity (Wildman–Crippen MR) is 125 cm³/mol. The van der Waals surface area contributed by atoms with Gasteiger partial charge in [-0.25, -0.2) is 4.99 Å². The van der Waals surface area contributed by atoms with Gasteiger partial charge < -0.3 is 4.74 Å². The number of carbonyl (C=O) groups is 1. The van der Waals surface area contributed by atoms with Crippen LogP contribution in [0.3, 0.4) is 0 Å². The molecule has 1 aliphatic heterocycles. The van der Waals surface area contributed by atoms with Crippen molar-refractivity contribution in [1.29, 1.82) is 0 Å². The van der Waals surface area contributed by atoms with Crippen LogP contribution in [-0.4, -0.2) is 28.6 Å². The molecule has 0 bridgehead atoms. The fraction of sp³-hybridized carbons (Fsp3) is 0.360. The highest BCUT2D eigenvalue weighted by Crippen LogP contribution is 2.40. The average Bonchev–Trinajstić information content (AvgIpc) is 3.04. The van der Waals surface area contributed by atoms with Gasteiger partial charge in [0.2, 0.25) is 0 Å². The zero-order valence-corrected chi connectivity index (χ0v) is 18.4. The van der Waals surface area contributed by atoms with Crippen molar-refractivity contribution in [3.05, 3.63) is 65.1 Å². The number of amidine groups is 1. The SMILES string of the molecule is CCOc1cccc(/C=C2\SC(=Nc3ccccc3)N([C@H]3CCCC[C@H]3C)C2=O)c1. The van der Waals surface area contributed by atoms with Crippen LogP contribution in [0.25, 0.3) is 6.08 Å². The standard InChI is InChI=1S/C25H28N2O2S/c1-3-29-21-14-9-11-19(16-21)17-23-24(28)27(22-15-8-7-10-18(22)2)25(30-23)26-20-12-5-4-6-13-20/h4-6,9,11-14,16-18,22H,3,7-8,10,15H2,1-2H3/b23-17-,26-25?/t18-,22+/m1/s1. The van der Waals surface area contributed by atoms with Crippen molar-refractivity contribution in [2.45, 2.75) is 45.6 Å². The molecule has 0 radical (unpaired) electrons. The maximum Gasteiger partial charge on any atom is 0.267 e. The lowest BCUT2D eigenvalue weighted by Crippen LogP contribution is -2.44. The molecule has 2 aromatic rings. The van der Waals surface area contributed by atoms with Crippen LogP contribution in [-0.2, 0) is 4.79 Å². The highest BCUT2D eigenvalue weighted by atomic mass is 32.2. The van der Waals surface area contributed by atoms with E-state index in [1.54, 1.807) is 0 Å². The lowest BCUT2D eigenvalue weighted by molar-refractivity contribution is -0.124. The maximum absolute atomic E-state index is 13.5. The minimum absolute atomic E-state index is 0.0650. The minimum atomic E-state index is 0.0650. The summed E-state index contributed by atoms with van der Waals surface area (Å²) in [5.41, 5.74) is 1.84. The molecule has 5 heteroatoms. The van der Waals surface area contributed by atoms with Crippen LogP contribution in [0, 0.1) is 5.92 Å². The first kappa shape index (κ1) is 20.7. The van der Waals surface area contributed by atoms with Crippen LogP contribution in [0.4, 0.5) is 5.69 Å². The van der Waals surface area contributed by atoms with Crippen molar-refractivity contribution in [3.63, 3.8) is 0 Å². The quantitative estimate of drug-likeness (QED) is 0.536. The van der Waals surface area contributed by atoms with Gasteiger partial charge in [-0.2, -0.15) is 0 Å². The van der Waals surface area contributed by atoms with Gasteiger partial charge in [-0.1, -0.05) is 50.1 Å². The number of carbonyl (C=O) groups excluding carboxylic acids is 1. The Morgan fingerprint density at radius 3 is 2.70 bits per heavy atom. The van der Waals surface area contributed by atoms with Gasteiger partial charge in [0, 0.05) is 6.04 Å². The molecule has 1 amide bonds. The predicted octanol–water partition coefficient (Wildman–Crippen LogP) is 6.27. The summed E-state index contributed by atoms with van der Waals surface area (Å²) in [5, 5.41) is 0.789. The number of benzene rings is 2. The second kappa shape index (κ2) is 9.52. The first-order chi connectivity index (χ1) is 14.7. The molecule has 0 unspecified atom stereocenters. The van der Waals surface area contributed by atoms with Crippen molar-refractivity contribution < 1.29 is 9.53 Å². The Balaban J connectivity index is 1.69. The summed E-state index contributed by atoms with van der Waals surface area (Å²) in [6.07, 6.45) is 6.56.